The summed E-state index contributed by atoms with van der Waals surface area (Å²) < 4.78 is 4.88. The van der Waals surface area contributed by atoms with Gasteiger partial charge in [0.2, 0.25) is 0 Å². The number of esters is 1. The number of methoxy groups -OCH3 is 1. The third kappa shape index (κ3) is 3.09. The first-order chi connectivity index (χ1) is 8.70. The van der Waals surface area contributed by atoms with E-state index in [-0.39, 0.29) is 18.0 Å². The lowest BCUT2D eigenvalue weighted by Gasteiger charge is -2.22. The van der Waals surface area contributed by atoms with E-state index in [0.29, 0.717) is 13.1 Å². The monoisotopic (exact) mass is 249 g/mol. The van der Waals surface area contributed by atoms with E-state index in [1.54, 1.807) is 0 Å². The Morgan fingerprint density at radius 2 is 2.22 bits per heavy atom. The molecule has 0 amide bonds. The third-order valence-corrected chi connectivity index (χ3v) is 3.38. The van der Waals surface area contributed by atoms with E-state index >= 15 is 0 Å². The summed E-state index contributed by atoms with van der Waals surface area (Å²) in [6.07, 6.45) is 0.516. The molecule has 18 heavy (non-hydrogen) atoms. The molecular formula is C14H19NO3. The topological polar surface area (TPSA) is 49.8 Å². The Labute approximate surface area is 107 Å². The van der Waals surface area contributed by atoms with Crippen LogP contribution in [0.3, 0.4) is 0 Å². The number of β-amino-alcohol motifs (C(OH)–C–C–N with tert-alkyl or cyclic N) is 1. The number of aliphatic hydroxyl groups excluding tert-OH is 1. The quantitative estimate of drug-likeness (QED) is 0.809. The van der Waals surface area contributed by atoms with Gasteiger partial charge in [0.1, 0.15) is 0 Å². The molecule has 1 aromatic carbocycles. The summed E-state index contributed by atoms with van der Waals surface area (Å²) in [5, 5.41) is 9.52. The van der Waals surface area contributed by atoms with Crippen LogP contribution in [0.5, 0.6) is 0 Å². The van der Waals surface area contributed by atoms with Crippen molar-refractivity contribution < 1.29 is 14.6 Å². The van der Waals surface area contributed by atoms with Gasteiger partial charge in [-0.3, -0.25) is 9.69 Å². The highest BCUT2D eigenvalue weighted by Crippen LogP contribution is 2.21. The van der Waals surface area contributed by atoms with Crippen molar-refractivity contribution in [1.29, 1.82) is 0 Å². The SMILES string of the molecule is COC(=O)C(CN1CCC(O)C1)c1ccccc1. The van der Waals surface area contributed by atoms with Gasteiger partial charge in [-0.05, 0) is 12.0 Å². The number of ether oxygens (including phenoxy) is 1. The van der Waals surface area contributed by atoms with Crippen molar-refractivity contribution in [3.63, 3.8) is 0 Å². The van der Waals surface area contributed by atoms with E-state index in [4.69, 9.17) is 4.74 Å². The van der Waals surface area contributed by atoms with E-state index in [9.17, 15) is 9.90 Å². The van der Waals surface area contributed by atoms with Gasteiger partial charge < -0.3 is 9.84 Å². The molecule has 2 rings (SSSR count). The lowest BCUT2D eigenvalue weighted by atomic mass is 9.99. The number of hydrogen-bond acceptors (Lipinski definition) is 4. The second-order valence-electron chi connectivity index (χ2n) is 4.69. The summed E-state index contributed by atoms with van der Waals surface area (Å²) in [6.45, 7) is 2.08. The van der Waals surface area contributed by atoms with E-state index in [1.807, 2.05) is 30.3 Å². The van der Waals surface area contributed by atoms with Crippen LogP contribution in [0.2, 0.25) is 0 Å². The van der Waals surface area contributed by atoms with Crippen LogP contribution in [0, 0.1) is 0 Å². The van der Waals surface area contributed by atoms with Crippen LogP contribution in [0.15, 0.2) is 30.3 Å². The molecule has 0 radical (unpaired) electrons. The Balaban J connectivity index is 2.09. The molecule has 1 N–H and O–H groups in total. The summed E-state index contributed by atoms with van der Waals surface area (Å²) in [7, 11) is 1.41. The average Bonchev–Trinajstić information content (AvgIpc) is 2.82. The fourth-order valence-corrected chi connectivity index (χ4v) is 2.38. The number of likely N-dealkylation sites (tertiary alicyclic amines) is 1. The fraction of sp³-hybridized carbons (Fsp3) is 0.500. The van der Waals surface area contributed by atoms with E-state index in [2.05, 4.69) is 4.90 Å². The van der Waals surface area contributed by atoms with Crippen LogP contribution in [0.4, 0.5) is 0 Å². The molecule has 0 aromatic heterocycles. The highest BCUT2D eigenvalue weighted by atomic mass is 16.5. The van der Waals surface area contributed by atoms with Gasteiger partial charge in [0.25, 0.3) is 0 Å². The molecule has 98 valence electrons. The normalized spacial score (nSPS) is 21.8. The summed E-state index contributed by atoms with van der Waals surface area (Å²) >= 11 is 0. The number of nitrogens with zero attached hydrogens (tertiary/aromatic N) is 1. The Bertz CT molecular complexity index is 393. The number of aliphatic hydroxyl groups is 1. The van der Waals surface area contributed by atoms with Crippen LogP contribution < -0.4 is 0 Å². The average molecular weight is 249 g/mol. The van der Waals surface area contributed by atoms with Crippen molar-refractivity contribution >= 4 is 5.97 Å². The lowest BCUT2D eigenvalue weighted by Crippen LogP contribution is -2.31. The standard InChI is InChI=1S/C14H19NO3/c1-18-14(17)13(11-5-3-2-4-6-11)10-15-8-7-12(16)9-15/h2-6,12-13,16H,7-10H2,1H3. The van der Waals surface area contributed by atoms with Crippen LogP contribution in [-0.4, -0.2) is 48.8 Å². The molecule has 0 spiro atoms. The summed E-state index contributed by atoms with van der Waals surface area (Å²) in [5.74, 6) is -0.496. The Morgan fingerprint density at radius 1 is 1.50 bits per heavy atom. The maximum Gasteiger partial charge on any atom is 0.314 e. The number of rotatable bonds is 4. The third-order valence-electron chi connectivity index (χ3n) is 3.38. The molecule has 2 atom stereocenters. The molecule has 0 bridgehead atoms. The van der Waals surface area contributed by atoms with Gasteiger partial charge in [-0.1, -0.05) is 30.3 Å². The largest absolute Gasteiger partial charge is 0.469 e. The minimum atomic E-state index is -0.276. The molecule has 0 aliphatic carbocycles. The summed E-state index contributed by atoms with van der Waals surface area (Å²) in [6, 6.07) is 9.65. The van der Waals surface area contributed by atoms with Gasteiger partial charge in [-0.15, -0.1) is 0 Å². The predicted molar refractivity (Wildman–Crippen MR) is 68.3 cm³/mol. The van der Waals surface area contributed by atoms with Crippen LogP contribution in [0.25, 0.3) is 0 Å². The molecule has 1 heterocycles. The van der Waals surface area contributed by atoms with Gasteiger partial charge in [-0.2, -0.15) is 0 Å². The molecule has 1 aliphatic heterocycles. The van der Waals surface area contributed by atoms with Gasteiger partial charge in [-0.25, -0.2) is 0 Å². The van der Waals surface area contributed by atoms with Gasteiger partial charge in [0, 0.05) is 19.6 Å². The minimum Gasteiger partial charge on any atom is -0.469 e. The summed E-state index contributed by atoms with van der Waals surface area (Å²) in [4.78, 5) is 14.0. The Hall–Kier alpha value is -1.39. The molecular weight excluding hydrogens is 230 g/mol. The van der Waals surface area contributed by atoms with Crippen molar-refractivity contribution in [2.24, 2.45) is 0 Å². The van der Waals surface area contributed by atoms with E-state index in [0.717, 1.165) is 18.5 Å². The summed E-state index contributed by atoms with van der Waals surface area (Å²) in [5.41, 5.74) is 0.964. The number of hydrogen-bond donors (Lipinski definition) is 1. The number of carbonyl (C=O) groups is 1. The van der Waals surface area contributed by atoms with Crippen molar-refractivity contribution in [3.8, 4) is 0 Å². The van der Waals surface area contributed by atoms with Crippen LogP contribution in [-0.2, 0) is 9.53 Å². The zero-order valence-corrected chi connectivity index (χ0v) is 10.6. The fourth-order valence-electron chi connectivity index (χ4n) is 2.38. The lowest BCUT2D eigenvalue weighted by molar-refractivity contribution is -0.142. The Morgan fingerprint density at radius 3 is 2.78 bits per heavy atom. The maximum atomic E-state index is 11.9. The van der Waals surface area contributed by atoms with Gasteiger partial charge >= 0.3 is 5.97 Å². The molecule has 1 aromatic rings. The maximum absolute atomic E-state index is 11.9. The smallest absolute Gasteiger partial charge is 0.314 e. The molecule has 2 unspecified atom stereocenters. The first-order valence-corrected chi connectivity index (χ1v) is 6.24. The zero-order valence-electron chi connectivity index (χ0n) is 10.6. The molecule has 4 nitrogen and oxygen atoms in total. The predicted octanol–water partition coefficient (Wildman–Crippen LogP) is 1.01. The Kier molecular flexibility index (Phi) is 4.33. The molecule has 1 saturated heterocycles. The van der Waals surface area contributed by atoms with Gasteiger partial charge in [0.15, 0.2) is 0 Å². The van der Waals surface area contributed by atoms with Crippen molar-refractivity contribution in [3.05, 3.63) is 35.9 Å². The van der Waals surface area contributed by atoms with Crippen molar-refractivity contribution in [1.82, 2.24) is 4.90 Å². The molecule has 1 fully saturated rings. The van der Waals surface area contributed by atoms with Crippen LogP contribution in [0.1, 0.15) is 17.9 Å². The second kappa shape index (κ2) is 5.98. The molecule has 4 heteroatoms. The number of benzene rings is 1. The van der Waals surface area contributed by atoms with Crippen molar-refractivity contribution in [2.75, 3.05) is 26.7 Å². The zero-order chi connectivity index (χ0) is 13.0. The van der Waals surface area contributed by atoms with E-state index in [1.165, 1.54) is 7.11 Å². The molecule has 0 saturated carbocycles. The highest BCUT2D eigenvalue weighted by Gasteiger charge is 2.28. The first-order valence-electron chi connectivity index (χ1n) is 6.24. The minimum absolute atomic E-state index is 0.220. The highest BCUT2D eigenvalue weighted by molar-refractivity contribution is 5.78. The second-order valence-corrected chi connectivity index (χ2v) is 4.69. The molecule has 1 aliphatic rings. The van der Waals surface area contributed by atoms with Crippen molar-refractivity contribution in [2.45, 2.75) is 18.4 Å². The van der Waals surface area contributed by atoms with Gasteiger partial charge in [0.05, 0.1) is 19.1 Å². The van der Waals surface area contributed by atoms with E-state index < -0.39 is 0 Å². The number of carbonyl (C=O) groups excluding carboxylic acids is 1. The first kappa shape index (κ1) is 13.1. The van der Waals surface area contributed by atoms with Crippen LogP contribution >= 0.6 is 0 Å².